The molecule has 1 atom stereocenters. The van der Waals surface area contributed by atoms with Crippen molar-refractivity contribution in [1.29, 1.82) is 0 Å². The molecule has 1 heterocycles. The molecule has 0 aliphatic rings. The molecule has 0 saturated carbocycles. The smallest absolute Gasteiger partial charge is 0.258 e. The number of thiazole rings is 1. The lowest BCUT2D eigenvalue weighted by Gasteiger charge is -2.15. The average molecular weight is 318 g/mol. The fraction of sp³-hybridized carbons (Fsp3) is 0.412. The van der Waals surface area contributed by atoms with Crippen LogP contribution in [0.2, 0.25) is 0 Å². The van der Waals surface area contributed by atoms with Crippen molar-refractivity contribution in [2.75, 3.05) is 6.61 Å². The van der Waals surface area contributed by atoms with Gasteiger partial charge in [0.2, 0.25) is 0 Å². The molecule has 1 N–H and O–H groups in total. The van der Waals surface area contributed by atoms with Crippen LogP contribution in [0.5, 0.6) is 5.75 Å². The summed E-state index contributed by atoms with van der Waals surface area (Å²) in [4.78, 5) is 16.4. The number of aryl methyl sites for hydroxylation is 3. The van der Waals surface area contributed by atoms with E-state index in [9.17, 15) is 4.79 Å². The summed E-state index contributed by atoms with van der Waals surface area (Å²) in [7, 11) is 0. The molecule has 0 fully saturated rings. The second-order valence-corrected chi connectivity index (χ2v) is 6.58. The summed E-state index contributed by atoms with van der Waals surface area (Å²) < 4.78 is 5.72. The standard InChI is InChI=1S/C17H22N2O2S/c1-10-6-7-11(2)17(12(10)3)21-8-16(20)18-13(4)15-9-22-14(5)19-15/h6-7,9,13H,8H2,1-5H3,(H,18,20). The predicted octanol–water partition coefficient (Wildman–Crippen LogP) is 3.63. The minimum absolute atomic E-state index is 0.0125. The van der Waals surface area contributed by atoms with Gasteiger partial charge in [0.15, 0.2) is 6.61 Å². The molecule has 5 heteroatoms. The molecular weight excluding hydrogens is 296 g/mol. The van der Waals surface area contributed by atoms with Gasteiger partial charge in [0, 0.05) is 5.38 Å². The van der Waals surface area contributed by atoms with Gasteiger partial charge in [-0.15, -0.1) is 11.3 Å². The van der Waals surface area contributed by atoms with E-state index < -0.39 is 0 Å². The van der Waals surface area contributed by atoms with E-state index >= 15 is 0 Å². The van der Waals surface area contributed by atoms with E-state index in [2.05, 4.69) is 16.4 Å². The van der Waals surface area contributed by atoms with Crippen LogP contribution in [0.25, 0.3) is 0 Å². The molecule has 0 radical (unpaired) electrons. The van der Waals surface area contributed by atoms with Crippen LogP contribution >= 0.6 is 11.3 Å². The van der Waals surface area contributed by atoms with Crippen LogP contribution in [-0.2, 0) is 4.79 Å². The second kappa shape index (κ2) is 6.92. The van der Waals surface area contributed by atoms with E-state index in [0.29, 0.717) is 0 Å². The molecular formula is C17H22N2O2S. The van der Waals surface area contributed by atoms with Crippen molar-refractivity contribution in [1.82, 2.24) is 10.3 Å². The number of benzene rings is 1. The van der Waals surface area contributed by atoms with E-state index in [1.54, 1.807) is 11.3 Å². The number of nitrogens with zero attached hydrogens (tertiary/aromatic N) is 1. The van der Waals surface area contributed by atoms with Gasteiger partial charge in [-0.2, -0.15) is 0 Å². The highest BCUT2D eigenvalue weighted by atomic mass is 32.1. The number of amides is 1. The number of carbonyl (C=O) groups excluding carboxylic acids is 1. The number of ether oxygens (including phenoxy) is 1. The molecule has 2 rings (SSSR count). The van der Waals surface area contributed by atoms with Crippen LogP contribution in [0, 0.1) is 27.7 Å². The third kappa shape index (κ3) is 3.85. The Morgan fingerprint density at radius 1 is 1.27 bits per heavy atom. The maximum Gasteiger partial charge on any atom is 0.258 e. The topological polar surface area (TPSA) is 51.2 Å². The predicted molar refractivity (Wildman–Crippen MR) is 89.6 cm³/mol. The first-order valence-corrected chi connectivity index (χ1v) is 8.17. The van der Waals surface area contributed by atoms with Crippen molar-refractivity contribution in [3.8, 4) is 5.75 Å². The van der Waals surface area contributed by atoms with Gasteiger partial charge in [0.25, 0.3) is 5.91 Å². The van der Waals surface area contributed by atoms with E-state index in [1.165, 1.54) is 0 Å². The van der Waals surface area contributed by atoms with E-state index in [-0.39, 0.29) is 18.6 Å². The second-order valence-electron chi connectivity index (χ2n) is 5.52. The maximum absolute atomic E-state index is 12.1. The zero-order chi connectivity index (χ0) is 16.3. The molecule has 0 bridgehead atoms. The Labute approximate surface area is 135 Å². The van der Waals surface area contributed by atoms with Crippen LogP contribution < -0.4 is 10.1 Å². The maximum atomic E-state index is 12.1. The van der Waals surface area contributed by atoms with Crippen molar-refractivity contribution in [3.63, 3.8) is 0 Å². The third-order valence-corrected chi connectivity index (χ3v) is 4.47. The Hall–Kier alpha value is -1.88. The van der Waals surface area contributed by atoms with E-state index in [1.807, 2.05) is 46.1 Å². The fourth-order valence-electron chi connectivity index (χ4n) is 2.22. The normalized spacial score (nSPS) is 12.0. The summed E-state index contributed by atoms with van der Waals surface area (Å²) in [5, 5.41) is 5.88. The van der Waals surface area contributed by atoms with Gasteiger partial charge in [0.05, 0.1) is 16.7 Å². The molecule has 1 aromatic heterocycles. The van der Waals surface area contributed by atoms with Gasteiger partial charge in [-0.3, -0.25) is 4.79 Å². The first-order valence-electron chi connectivity index (χ1n) is 7.29. The summed E-state index contributed by atoms with van der Waals surface area (Å²) in [5.41, 5.74) is 4.17. The fourth-order valence-corrected chi connectivity index (χ4v) is 2.93. The molecule has 2 aromatic rings. The largest absolute Gasteiger partial charge is 0.483 e. The van der Waals surface area contributed by atoms with Crippen molar-refractivity contribution >= 4 is 17.2 Å². The Bertz CT molecular complexity index is 679. The Morgan fingerprint density at radius 2 is 1.95 bits per heavy atom. The number of hydrogen-bond acceptors (Lipinski definition) is 4. The van der Waals surface area contributed by atoms with Crippen molar-refractivity contribution in [2.45, 2.75) is 40.7 Å². The Kier molecular flexibility index (Phi) is 5.19. The van der Waals surface area contributed by atoms with Crippen molar-refractivity contribution in [2.24, 2.45) is 0 Å². The van der Waals surface area contributed by atoms with Crippen LogP contribution in [0.1, 0.15) is 40.4 Å². The highest BCUT2D eigenvalue weighted by Crippen LogP contribution is 2.25. The number of hydrogen-bond donors (Lipinski definition) is 1. The van der Waals surface area contributed by atoms with Crippen LogP contribution in [-0.4, -0.2) is 17.5 Å². The molecule has 0 aliphatic carbocycles. The molecule has 0 aliphatic heterocycles. The highest BCUT2D eigenvalue weighted by molar-refractivity contribution is 7.09. The summed E-state index contributed by atoms with van der Waals surface area (Å²) in [6.45, 7) is 9.92. The zero-order valence-electron chi connectivity index (χ0n) is 13.7. The first kappa shape index (κ1) is 16.5. The Balaban J connectivity index is 1.95. The summed E-state index contributed by atoms with van der Waals surface area (Å²) >= 11 is 1.58. The number of nitrogens with one attached hydrogen (secondary N) is 1. The van der Waals surface area contributed by atoms with E-state index in [4.69, 9.17) is 4.74 Å². The number of carbonyl (C=O) groups is 1. The minimum atomic E-state index is -0.140. The highest BCUT2D eigenvalue weighted by Gasteiger charge is 2.14. The quantitative estimate of drug-likeness (QED) is 0.916. The molecule has 1 aromatic carbocycles. The van der Waals surface area contributed by atoms with Crippen molar-refractivity contribution in [3.05, 3.63) is 44.9 Å². The molecule has 4 nitrogen and oxygen atoms in total. The molecule has 118 valence electrons. The number of aromatic nitrogens is 1. The number of rotatable bonds is 5. The third-order valence-electron chi connectivity index (χ3n) is 3.68. The van der Waals surface area contributed by atoms with Gasteiger partial charge >= 0.3 is 0 Å². The molecule has 0 spiro atoms. The van der Waals surface area contributed by atoms with E-state index in [0.717, 1.165) is 33.1 Å². The summed E-state index contributed by atoms with van der Waals surface area (Å²) in [5.74, 6) is 0.658. The van der Waals surface area contributed by atoms with Crippen molar-refractivity contribution < 1.29 is 9.53 Å². The van der Waals surface area contributed by atoms with Gasteiger partial charge in [-0.05, 0) is 51.3 Å². The van der Waals surface area contributed by atoms with Gasteiger partial charge in [-0.25, -0.2) is 4.98 Å². The van der Waals surface area contributed by atoms with Crippen LogP contribution in [0.3, 0.4) is 0 Å². The molecule has 0 saturated heterocycles. The monoisotopic (exact) mass is 318 g/mol. The van der Waals surface area contributed by atoms with Gasteiger partial charge < -0.3 is 10.1 Å². The lowest BCUT2D eigenvalue weighted by Crippen LogP contribution is -2.31. The van der Waals surface area contributed by atoms with Gasteiger partial charge in [-0.1, -0.05) is 12.1 Å². The lowest BCUT2D eigenvalue weighted by atomic mass is 10.1. The SMILES string of the molecule is Cc1nc(C(C)NC(=O)COc2c(C)ccc(C)c2C)cs1. The van der Waals surface area contributed by atoms with Crippen LogP contribution in [0.15, 0.2) is 17.5 Å². The molecule has 1 amide bonds. The summed E-state index contributed by atoms with van der Waals surface area (Å²) in [6, 6.07) is 3.96. The zero-order valence-corrected chi connectivity index (χ0v) is 14.5. The molecule has 1 unspecified atom stereocenters. The lowest BCUT2D eigenvalue weighted by molar-refractivity contribution is -0.123. The Morgan fingerprint density at radius 3 is 2.59 bits per heavy atom. The average Bonchev–Trinajstić information content (AvgIpc) is 2.90. The van der Waals surface area contributed by atoms with Gasteiger partial charge in [0.1, 0.15) is 5.75 Å². The van der Waals surface area contributed by atoms with Crippen LogP contribution in [0.4, 0.5) is 0 Å². The first-order chi connectivity index (χ1) is 10.4. The minimum Gasteiger partial charge on any atom is -0.483 e. The summed E-state index contributed by atoms with van der Waals surface area (Å²) in [6.07, 6.45) is 0. The molecule has 22 heavy (non-hydrogen) atoms.